The van der Waals surface area contributed by atoms with Gasteiger partial charge < -0.3 is 5.32 Å². The summed E-state index contributed by atoms with van der Waals surface area (Å²) in [6.45, 7) is 1.02. The van der Waals surface area contributed by atoms with Gasteiger partial charge in [0.05, 0.1) is 11.7 Å². The molecule has 1 unspecified atom stereocenters. The minimum absolute atomic E-state index is 0.351. The molecule has 4 heteroatoms. The fraction of sp³-hybridized carbons (Fsp3) is 0.500. The summed E-state index contributed by atoms with van der Waals surface area (Å²) in [5.74, 6) is 1.85. The Morgan fingerprint density at radius 1 is 1.10 bits per heavy atom. The minimum Gasteiger partial charge on any atom is -0.370 e. The molecule has 1 aliphatic carbocycles. The van der Waals surface area contributed by atoms with E-state index < -0.39 is 0 Å². The summed E-state index contributed by atoms with van der Waals surface area (Å²) in [5.41, 5.74) is 2.59. The molecule has 1 fully saturated rings. The summed E-state index contributed by atoms with van der Waals surface area (Å²) in [5, 5.41) is 8.42. The Kier molecular flexibility index (Phi) is 2.94. The van der Waals surface area contributed by atoms with Crippen LogP contribution in [-0.2, 0) is 0 Å². The quantitative estimate of drug-likeness (QED) is 0.908. The van der Waals surface area contributed by atoms with Gasteiger partial charge >= 0.3 is 0 Å². The third-order valence-corrected chi connectivity index (χ3v) is 4.64. The van der Waals surface area contributed by atoms with E-state index in [0.29, 0.717) is 12.0 Å². The van der Waals surface area contributed by atoms with Gasteiger partial charge in [0.1, 0.15) is 5.82 Å². The second-order valence-electron chi connectivity index (χ2n) is 5.89. The van der Waals surface area contributed by atoms with Crippen molar-refractivity contribution in [3.63, 3.8) is 0 Å². The minimum atomic E-state index is 0.351. The van der Waals surface area contributed by atoms with Crippen molar-refractivity contribution in [3.8, 4) is 0 Å². The monoisotopic (exact) mass is 268 g/mol. The SMILES string of the molecule is c1cc(C2CCNc3cc(C4CCCC4)nn32)ccn1. The Morgan fingerprint density at radius 3 is 2.70 bits per heavy atom. The van der Waals surface area contributed by atoms with Gasteiger partial charge in [-0.1, -0.05) is 12.8 Å². The van der Waals surface area contributed by atoms with E-state index >= 15 is 0 Å². The summed E-state index contributed by atoms with van der Waals surface area (Å²) in [7, 11) is 0. The van der Waals surface area contributed by atoms with E-state index in [2.05, 4.69) is 33.2 Å². The number of fused-ring (bicyclic) bond motifs is 1. The predicted molar refractivity (Wildman–Crippen MR) is 78.9 cm³/mol. The fourth-order valence-corrected chi connectivity index (χ4v) is 3.56. The average molecular weight is 268 g/mol. The molecule has 1 N–H and O–H groups in total. The molecular formula is C16H20N4. The molecular weight excluding hydrogens is 248 g/mol. The Hall–Kier alpha value is -1.84. The van der Waals surface area contributed by atoms with Crippen LogP contribution in [-0.4, -0.2) is 21.3 Å². The van der Waals surface area contributed by atoms with Gasteiger partial charge in [-0.15, -0.1) is 0 Å². The first-order chi connectivity index (χ1) is 9.92. The molecule has 0 saturated heterocycles. The molecule has 1 aliphatic heterocycles. The molecule has 1 saturated carbocycles. The average Bonchev–Trinajstić information content (AvgIpc) is 3.16. The van der Waals surface area contributed by atoms with Gasteiger partial charge in [-0.3, -0.25) is 4.98 Å². The molecule has 0 bridgehead atoms. The van der Waals surface area contributed by atoms with E-state index in [1.165, 1.54) is 42.8 Å². The molecule has 1 atom stereocenters. The van der Waals surface area contributed by atoms with Crippen molar-refractivity contribution >= 4 is 5.82 Å². The van der Waals surface area contributed by atoms with E-state index in [9.17, 15) is 0 Å². The highest BCUT2D eigenvalue weighted by Crippen LogP contribution is 2.37. The lowest BCUT2D eigenvalue weighted by Crippen LogP contribution is -2.24. The molecule has 0 aromatic carbocycles. The second kappa shape index (κ2) is 4.93. The number of nitrogens with one attached hydrogen (secondary N) is 1. The van der Waals surface area contributed by atoms with E-state index in [1.54, 1.807) is 0 Å². The Morgan fingerprint density at radius 2 is 1.90 bits per heavy atom. The number of pyridine rings is 1. The Bertz CT molecular complexity index is 584. The molecule has 0 amide bonds. The highest BCUT2D eigenvalue weighted by Gasteiger charge is 2.26. The zero-order chi connectivity index (χ0) is 13.4. The van der Waals surface area contributed by atoms with E-state index in [0.717, 1.165) is 13.0 Å². The lowest BCUT2D eigenvalue weighted by Gasteiger charge is -2.25. The molecule has 2 aromatic rings. The van der Waals surface area contributed by atoms with Crippen molar-refractivity contribution < 1.29 is 0 Å². The van der Waals surface area contributed by atoms with Gasteiger partial charge in [0.2, 0.25) is 0 Å². The maximum Gasteiger partial charge on any atom is 0.125 e. The van der Waals surface area contributed by atoms with Crippen LogP contribution in [0.3, 0.4) is 0 Å². The molecule has 4 rings (SSSR count). The molecule has 104 valence electrons. The molecule has 4 nitrogen and oxygen atoms in total. The van der Waals surface area contributed by atoms with Crippen molar-refractivity contribution in [1.82, 2.24) is 14.8 Å². The molecule has 2 aliphatic rings. The maximum atomic E-state index is 4.92. The number of hydrogen-bond acceptors (Lipinski definition) is 3. The van der Waals surface area contributed by atoms with Crippen LogP contribution < -0.4 is 5.32 Å². The standard InChI is InChI=1S/C16H20N4/c1-2-4-12(3-1)14-11-16-18-10-7-15(20(16)19-14)13-5-8-17-9-6-13/h5-6,8-9,11-12,15,18H,1-4,7,10H2. The predicted octanol–water partition coefficient (Wildman–Crippen LogP) is 3.34. The molecule has 0 radical (unpaired) electrons. The number of anilines is 1. The van der Waals surface area contributed by atoms with E-state index in [-0.39, 0.29) is 0 Å². The summed E-state index contributed by atoms with van der Waals surface area (Å²) in [4.78, 5) is 4.12. The van der Waals surface area contributed by atoms with Crippen LogP contribution in [0.25, 0.3) is 0 Å². The summed E-state index contributed by atoms with van der Waals surface area (Å²) in [6, 6.07) is 6.83. The molecule has 0 spiro atoms. The Balaban J connectivity index is 1.70. The smallest absolute Gasteiger partial charge is 0.125 e. The summed E-state index contributed by atoms with van der Waals surface area (Å²) in [6.07, 6.45) is 10.1. The normalized spacial score (nSPS) is 22.5. The van der Waals surface area contributed by atoms with Crippen LogP contribution in [0.2, 0.25) is 0 Å². The van der Waals surface area contributed by atoms with Gasteiger partial charge in [0.25, 0.3) is 0 Å². The summed E-state index contributed by atoms with van der Waals surface area (Å²) >= 11 is 0. The van der Waals surface area contributed by atoms with Crippen LogP contribution in [0.4, 0.5) is 5.82 Å². The second-order valence-corrected chi connectivity index (χ2v) is 5.89. The number of aromatic nitrogens is 3. The first kappa shape index (κ1) is 11.9. The van der Waals surface area contributed by atoms with Crippen molar-refractivity contribution in [2.24, 2.45) is 0 Å². The number of rotatable bonds is 2. The number of hydrogen-bond donors (Lipinski definition) is 1. The first-order valence-corrected chi connectivity index (χ1v) is 7.65. The van der Waals surface area contributed by atoms with Crippen molar-refractivity contribution in [3.05, 3.63) is 41.9 Å². The van der Waals surface area contributed by atoms with Crippen molar-refractivity contribution in [2.45, 2.75) is 44.1 Å². The van der Waals surface area contributed by atoms with Crippen LogP contribution in [0.5, 0.6) is 0 Å². The van der Waals surface area contributed by atoms with Gasteiger partial charge in [-0.2, -0.15) is 5.10 Å². The third-order valence-electron chi connectivity index (χ3n) is 4.64. The van der Waals surface area contributed by atoms with Crippen LogP contribution in [0.15, 0.2) is 30.6 Å². The van der Waals surface area contributed by atoms with Gasteiger partial charge in [0, 0.05) is 30.9 Å². The highest BCUT2D eigenvalue weighted by atomic mass is 15.4. The first-order valence-electron chi connectivity index (χ1n) is 7.65. The maximum absolute atomic E-state index is 4.92. The van der Waals surface area contributed by atoms with E-state index in [4.69, 9.17) is 5.10 Å². The highest BCUT2D eigenvalue weighted by molar-refractivity contribution is 5.42. The van der Waals surface area contributed by atoms with Crippen LogP contribution in [0, 0.1) is 0 Å². The van der Waals surface area contributed by atoms with Crippen molar-refractivity contribution in [2.75, 3.05) is 11.9 Å². The fourth-order valence-electron chi connectivity index (χ4n) is 3.56. The zero-order valence-electron chi connectivity index (χ0n) is 11.6. The van der Waals surface area contributed by atoms with Gasteiger partial charge in [0.15, 0.2) is 0 Å². The largest absolute Gasteiger partial charge is 0.370 e. The van der Waals surface area contributed by atoms with Crippen LogP contribution >= 0.6 is 0 Å². The van der Waals surface area contributed by atoms with E-state index in [1.807, 2.05) is 12.4 Å². The molecule has 3 heterocycles. The zero-order valence-corrected chi connectivity index (χ0v) is 11.6. The van der Waals surface area contributed by atoms with Gasteiger partial charge in [-0.25, -0.2) is 4.68 Å². The van der Waals surface area contributed by atoms with Crippen molar-refractivity contribution in [1.29, 1.82) is 0 Å². The third kappa shape index (κ3) is 1.99. The van der Waals surface area contributed by atoms with Gasteiger partial charge in [-0.05, 0) is 37.0 Å². The lowest BCUT2D eigenvalue weighted by molar-refractivity contribution is 0.473. The number of nitrogens with zero attached hydrogens (tertiary/aromatic N) is 3. The Labute approximate surface area is 119 Å². The van der Waals surface area contributed by atoms with Crippen LogP contribution in [0.1, 0.15) is 55.3 Å². The molecule has 2 aromatic heterocycles. The molecule has 20 heavy (non-hydrogen) atoms. The topological polar surface area (TPSA) is 42.7 Å². The lowest BCUT2D eigenvalue weighted by atomic mass is 10.0. The summed E-state index contributed by atoms with van der Waals surface area (Å²) < 4.78 is 2.19.